The van der Waals surface area contributed by atoms with Gasteiger partial charge in [0.25, 0.3) is 0 Å². The Bertz CT molecular complexity index is 1110. The summed E-state index contributed by atoms with van der Waals surface area (Å²) in [5, 5.41) is 0. The van der Waals surface area contributed by atoms with Crippen molar-refractivity contribution in [2.75, 3.05) is 0 Å². The van der Waals surface area contributed by atoms with Gasteiger partial charge in [-0.25, -0.2) is 22.4 Å². The zero-order valence-corrected chi connectivity index (χ0v) is 16.2. The standard InChI is InChI=1S/C15H12FN2O.C6H6O3S/c1-18-8-6-12(7-9-18)15-17-10-14(19-15)11-2-4-13(16)5-3-11;7-10(8,9)6-4-2-1-3-5-6/h2-10H,1H3;1-5H,(H,7,8,9)/q+1;/p-1. The van der Waals surface area contributed by atoms with Crippen molar-refractivity contribution in [2.24, 2.45) is 7.05 Å². The second-order valence-corrected chi connectivity index (χ2v) is 7.44. The molecule has 4 rings (SSSR count). The lowest BCUT2D eigenvalue weighted by Crippen LogP contribution is -2.25. The van der Waals surface area contributed by atoms with Gasteiger partial charge in [0, 0.05) is 23.3 Å². The van der Waals surface area contributed by atoms with Crippen molar-refractivity contribution in [3.8, 4) is 22.8 Å². The molecule has 0 aliphatic heterocycles. The highest BCUT2D eigenvalue weighted by Crippen LogP contribution is 2.25. The van der Waals surface area contributed by atoms with Crippen LogP contribution in [0.2, 0.25) is 0 Å². The third-order valence-electron chi connectivity index (χ3n) is 3.89. The summed E-state index contributed by atoms with van der Waals surface area (Å²) >= 11 is 0. The zero-order valence-electron chi connectivity index (χ0n) is 15.4. The molecular formula is C21H17FN2O4S. The van der Waals surface area contributed by atoms with E-state index >= 15 is 0 Å². The van der Waals surface area contributed by atoms with Gasteiger partial charge < -0.3 is 8.97 Å². The minimum atomic E-state index is -4.25. The van der Waals surface area contributed by atoms with Crippen LogP contribution in [0.4, 0.5) is 4.39 Å². The summed E-state index contributed by atoms with van der Waals surface area (Å²) in [4.78, 5) is 4.06. The fraction of sp³-hybridized carbons (Fsp3) is 0.0476. The van der Waals surface area contributed by atoms with E-state index in [0.29, 0.717) is 11.7 Å². The Morgan fingerprint density at radius 3 is 2.10 bits per heavy atom. The molecule has 0 fully saturated rings. The molecule has 0 saturated carbocycles. The van der Waals surface area contributed by atoms with Gasteiger partial charge in [-0.15, -0.1) is 0 Å². The molecule has 6 nitrogen and oxygen atoms in total. The summed E-state index contributed by atoms with van der Waals surface area (Å²) in [6.07, 6.45) is 5.50. The first-order chi connectivity index (χ1) is 13.8. The zero-order chi connectivity index (χ0) is 20.9. The van der Waals surface area contributed by atoms with Gasteiger partial charge in [-0.05, 0) is 36.4 Å². The molecule has 0 aliphatic carbocycles. The van der Waals surface area contributed by atoms with Crippen molar-refractivity contribution in [1.29, 1.82) is 0 Å². The van der Waals surface area contributed by atoms with Crippen LogP contribution in [-0.4, -0.2) is 18.0 Å². The van der Waals surface area contributed by atoms with Gasteiger partial charge in [-0.2, -0.15) is 0 Å². The van der Waals surface area contributed by atoms with Gasteiger partial charge in [0.2, 0.25) is 5.89 Å². The number of oxazole rings is 1. The second kappa shape index (κ2) is 8.76. The molecule has 148 valence electrons. The SMILES string of the molecule is C[n+]1ccc(-c2ncc(-c3ccc(F)cc3)o2)cc1.O=S(=O)([O-])c1ccccc1. The maximum atomic E-state index is 12.9. The summed E-state index contributed by atoms with van der Waals surface area (Å²) in [5.74, 6) is 0.919. The lowest BCUT2D eigenvalue weighted by Gasteiger charge is -2.04. The van der Waals surface area contributed by atoms with Gasteiger partial charge in [-0.3, -0.25) is 0 Å². The van der Waals surface area contributed by atoms with Gasteiger partial charge >= 0.3 is 0 Å². The monoisotopic (exact) mass is 412 g/mol. The van der Waals surface area contributed by atoms with E-state index in [-0.39, 0.29) is 10.7 Å². The van der Waals surface area contributed by atoms with E-state index in [0.717, 1.165) is 11.1 Å². The lowest BCUT2D eigenvalue weighted by molar-refractivity contribution is -0.671. The lowest BCUT2D eigenvalue weighted by atomic mass is 10.2. The summed E-state index contributed by atoms with van der Waals surface area (Å²) in [6, 6.07) is 17.2. The molecule has 8 heteroatoms. The largest absolute Gasteiger partial charge is 0.744 e. The van der Waals surface area contributed by atoms with Crippen LogP contribution >= 0.6 is 0 Å². The van der Waals surface area contributed by atoms with Crippen LogP contribution in [0.15, 0.2) is 94.6 Å². The number of benzene rings is 2. The number of pyridine rings is 1. The van der Waals surface area contributed by atoms with E-state index in [9.17, 15) is 17.4 Å². The number of hydrogen-bond donors (Lipinski definition) is 0. The van der Waals surface area contributed by atoms with Crippen LogP contribution < -0.4 is 4.57 Å². The van der Waals surface area contributed by atoms with Gasteiger partial charge in [-0.1, -0.05) is 18.2 Å². The summed E-state index contributed by atoms with van der Waals surface area (Å²) in [7, 11) is -2.31. The Morgan fingerprint density at radius 2 is 1.55 bits per heavy atom. The fourth-order valence-corrected chi connectivity index (χ4v) is 2.88. The minimum Gasteiger partial charge on any atom is -0.744 e. The fourth-order valence-electron chi connectivity index (χ4n) is 2.39. The van der Waals surface area contributed by atoms with Crippen molar-refractivity contribution in [1.82, 2.24) is 4.98 Å². The first kappa shape index (κ1) is 20.4. The van der Waals surface area contributed by atoms with Gasteiger partial charge in [0.05, 0.1) is 11.1 Å². The van der Waals surface area contributed by atoms with Crippen LogP contribution in [-0.2, 0) is 17.2 Å². The maximum absolute atomic E-state index is 12.9. The number of nitrogens with zero attached hydrogens (tertiary/aromatic N) is 2. The Balaban J connectivity index is 0.000000204. The third-order valence-corrected chi connectivity index (χ3v) is 4.74. The molecule has 0 saturated heterocycles. The quantitative estimate of drug-likeness (QED) is 0.379. The molecule has 4 aromatic rings. The highest BCUT2D eigenvalue weighted by molar-refractivity contribution is 7.85. The second-order valence-electron chi connectivity index (χ2n) is 6.06. The van der Waals surface area contributed by atoms with Crippen molar-refractivity contribution in [3.63, 3.8) is 0 Å². The van der Waals surface area contributed by atoms with Crippen LogP contribution in [0.5, 0.6) is 0 Å². The molecule has 29 heavy (non-hydrogen) atoms. The molecule has 0 aliphatic rings. The van der Waals surface area contributed by atoms with E-state index in [1.165, 1.54) is 36.4 Å². The van der Waals surface area contributed by atoms with Crippen molar-refractivity contribution < 1.29 is 26.3 Å². The highest BCUT2D eigenvalue weighted by Gasteiger charge is 2.09. The first-order valence-electron chi connectivity index (χ1n) is 8.51. The van der Waals surface area contributed by atoms with Crippen LogP contribution in [0.1, 0.15) is 0 Å². The number of aromatic nitrogens is 2. The molecule has 2 heterocycles. The predicted octanol–water partition coefficient (Wildman–Crippen LogP) is 3.56. The van der Waals surface area contributed by atoms with Crippen molar-refractivity contribution >= 4 is 10.1 Å². The molecule has 2 aromatic carbocycles. The van der Waals surface area contributed by atoms with E-state index in [1.54, 1.807) is 24.4 Å². The van der Waals surface area contributed by atoms with Gasteiger partial charge in [0.15, 0.2) is 18.2 Å². The predicted molar refractivity (Wildman–Crippen MR) is 103 cm³/mol. The summed E-state index contributed by atoms with van der Waals surface area (Å²) in [6.45, 7) is 0. The molecule has 2 aromatic heterocycles. The molecule has 0 atom stereocenters. The molecule has 0 radical (unpaired) electrons. The Labute approximate surface area is 167 Å². The molecule has 0 spiro atoms. The number of hydrogen-bond acceptors (Lipinski definition) is 5. The van der Waals surface area contributed by atoms with Gasteiger partial charge in [0.1, 0.15) is 23.0 Å². The van der Waals surface area contributed by atoms with E-state index in [2.05, 4.69) is 4.98 Å². The normalized spacial score (nSPS) is 10.9. The minimum absolute atomic E-state index is 0.185. The molecule has 0 unspecified atom stereocenters. The smallest absolute Gasteiger partial charge is 0.227 e. The van der Waals surface area contributed by atoms with Crippen LogP contribution in [0, 0.1) is 5.82 Å². The molecule has 0 bridgehead atoms. The number of rotatable bonds is 3. The van der Waals surface area contributed by atoms with Crippen LogP contribution in [0.3, 0.4) is 0 Å². The Kier molecular flexibility index (Phi) is 6.16. The van der Waals surface area contributed by atoms with Crippen molar-refractivity contribution in [2.45, 2.75) is 4.90 Å². The average Bonchev–Trinajstić information content (AvgIpc) is 3.20. The summed E-state index contributed by atoms with van der Waals surface area (Å²) in [5.41, 5.74) is 1.72. The Hall–Kier alpha value is -3.36. The van der Waals surface area contributed by atoms with E-state index in [1.807, 2.05) is 36.1 Å². The highest BCUT2D eigenvalue weighted by atomic mass is 32.2. The number of aryl methyl sites for hydroxylation is 1. The topological polar surface area (TPSA) is 87.1 Å². The Morgan fingerprint density at radius 1 is 0.931 bits per heavy atom. The van der Waals surface area contributed by atoms with Crippen molar-refractivity contribution in [3.05, 3.63) is 91.1 Å². The number of halogens is 1. The van der Waals surface area contributed by atoms with Crippen LogP contribution in [0.25, 0.3) is 22.8 Å². The molecular weight excluding hydrogens is 395 g/mol. The van der Waals surface area contributed by atoms with E-state index in [4.69, 9.17) is 4.42 Å². The average molecular weight is 412 g/mol. The molecule has 0 N–H and O–H groups in total. The first-order valence-corrected chi connectivity index (χ1v) is 9.92. The third kappa shape index (κ3) is 5.56. The van der Waals surface area contributed by atoms with E-state index < -0.39 is 10.1 Å². The summed E-state index contributed by atoms with van der Waals surface area (Å²) < 4.78 is 51.3. The molecule has 0 amide bonds. The maximum Gasteiger partial charge on any atom is 0.227 e.